The molecule has 1 fully saturated rings. The van der Waals surface area contributed by atoms with Crippen LogP contribution in [0.3, 0.4) is 0 Å². The van der Waals surface area contributed by atoms with Crippen molar-refractivity contribution in [3.8, 4) is 5.75 Å². The summed E-state index contributed by atoms with van der Waals surface area (Å²) in [5.74, 6) is 0.437. The van der Waals surface area contributed by atoms with Crippen molar-refractivity contribution in [2.45, 2.75) is 32.4 Å². The fourth-order valence-corrected chi connectivity index (χ4v) is 4.27. The maximum absolute atomic E-state index is 12.8. The number of methoxy groups -OCH3 is 1. The predicted octanol–water partition coefficient (Wildman–Crippen LogP) is 4.29. The molecule has 2 amide bonds. The highest BCUT2D eigenvalue weighted by atomic mass is 32.2. The number of amides is 2. The quantitative estimate of drug-likeness (QED) is 0.770. The largest absolute Gasteiger partial charge is 0.497 e. The third kappa shape index (κ3) is 4.98. The Morgan fingerprint density at radius 2 is 2.03 bits per heavy atom. The first-order valence-electron chi connectivity index (χ1n) is 9.49. The number of rotatable bonds is 6. The Labute approximate surface area is 175 Å². The van der Waals surface area contributed by atoms with E-state index >= 15 is 0 Å². The van der Waals surface area contributed by atoms with Crippen LogP contribution in [0.5, 0.6) is 5.75 Å². The number of nitrogens with one attached hydrogen (secondary N) is 1. The number of hydrogen-bond donors (Lipinski definition) is 1. The fraction of sp³-hybridized carbons (Fsp3) is 0.318. The molecule has 2 aromatic carbocycles. The molecule has 3 rings (SSSR count). The summed E-state index contributed by atoms with van der Waals surface area (Å²) in [7, 11) is 1.60. The van der Waals surface area contributed by atoms with Crippen LogP contribution >= 0.6 is 11.8 Å². The number of carbonyl (C=O) groups is 2. The molecule has 0 aromatic heterocycles. The number of aryl methyl sites for hydroxylation is 2. The maximum atomic E-state index is 12.8. The van der Waals surface area contributed by atoms with Crippen molar-refractivity contribution in [1.29, 1.82) is 0 Å². The van der Waals surface area contributed by atoms with Gasteiger partial charge in [-0.05, 0) is 50.1 Å². The number of amidine groups is 1. The van der Waals surface area contributed by atoms with Gasteiger partial charge in [0, 0.05) is 24.7 Å². The lowest BCUT2D eigenvalue weighted by Gasteiger charge is -2.13. The van der Waals surface area contributed by atoms with Crippen molar-refractivity contribution in [3.05, 3.63) is 53.6 Å². The molecule has 152 valence electrons. The second-order valence-corrected chi connectivity index (χ2v) is 8.03. The zero-order chi connectivity index (χ0) is 21.0. The van der Waals surface area contributed by atoms with E-state index in [0.717, 1.165) is 16.8 Å². The van der Waals surface area contributed by atoms with Crippen LogP contribution in [-0.2, 0) is 9.59 Å². The molecule has 0 spiro atoms. The van der Waals surface area contributed by atoms with E-state index in [-0.39, 0.29) is 18.2 Å². The monoisotopic (exact) mass is 411 g/mol. The zero-order valence-electron chi connectivity index (χ0n) is 17.1. The molecule has 0 bridgehead atoms. The molecule has 7 heteroatoms. The lowest BCUT2D eigenvalue weighted by molar-refractivity contribution is -0.128. The highest BCUT2D eigenvalue weighted by molar-refractivity contribution is 8.15. The van der Waals surface area contributed by atoms with Crippen LogP contribution < -0.4 is 10.1 Å². The van der Waals surface area contributed by atoms with Crippen molar-refractivity contribution >= 4 is 40.1 Å². The summed E-state index contributed by atoms with van der Waals surface area (Å²) in [6.45, 7) is 6.33. The van der Waals surface area contributed by atoms with Crippen LogP contribution in [0.15, 0.2) is 47.5 Å². The molecule has 1 atom stereocenters. The number of aliphatic imine (C=N–C) groups is 1. The minimum Gasteiger partial charge on any atom is -0.497 e. The van der Waals surface area contributed by atoms with Gasteiger partial charge in [0.2, 0.25) is 11.8 Å². The summed E-state index contributed by atoms with van der Waals surface area (Å²) in [5.41, 5.74) is 3.55. The molecule has 1 heterocycles. The topological polar surface area (TPSA) is 71.0 Å². The molecule has 0 saturated carbocycles. The lowest BCUT2D eigenvalue weighted by atomic mass is 10.1. The minimum atomic E-state index is -0.482. The Kier molecular flexibility index (Phi) is 6.59. The molecule has 1 saturated heterocycles. The molecule has 1 aliphatic rings. The summed E-state index contributed by atoms with van der Waals surface area (Å²) < 4.78 is 5.23. The first-order valence-corrected chi connectivity index (χ1v) is 10.4. The standard InChI is InChI=1S/C22H25N3O3S/c1-5-25-21(27)19(13-20(26)24-18-11-14(2)9-10-15(18)3)29-22(25)23-16-7-6-8-17(12-16)28-4/h6-12,19H,5,13H2,1-4H3,(H,24,26)/t19-/m1/s1. The van der Waals surface area contributed by atoms with Gasteiger partial charge in [-0.3, -0.25) is 14.5 Å². The molecule has 0 unspecified atom stereocenters. The summed E-state index contributed by atoms with van der Waals surface area (Å²) in [5, 5.41) is 3.06. The number of thioether (sulfide) groups is 1. The number of nitrogens with zero attached hydrogens (tertiary/aromatic N) is 2. The Balaban J connectivity index is 1.73. The van der Waals surface area contributed by atoms with Gasteiger partial charge in [-0.2, -0.15) is 0 Å². The van der Waals surface area contributed by atoms with Crippen LogP contribution in [0.2, 0.25) is 0 Å². The van der Waals surface area contributed by atoms with Crippen LogP contribution in [0.4, 0.5) is 11.4 Å². The molecule has 2 aromatic rings. The van der Waals surface area contributed by atoms with Gasteiger partial charge in [-0.25, -0.2) is 4.99 Å². The van der Waals surface area contributed by atoms with E-state index in [1.807, 2.05) is 63.2 Å². The van der Waals surface area contributed by atoms with Crippen molar-refractivity contribution in [2.24, 2.45) is 4.99 Å². The number of ether oxygens (including phenoxy) is 1. The van der Waals surface area contributed by atoms with Crippen LogP contribution in [0.25, 0.3) is 0 Å². The van der Waals surface area contributed by atoms with Gasteiger partial charge in [0.1, 0.15) is 11.0 Å². The van der Waals surface area contributed by atoms with Crippen LogP contribution in [-0.4, -0.2) is 40.8 Å². The van der Waals surface area contributed by atoms with Gasteiger partial charge in [-0.1, -0.05) is 30.0 Å². The summed E-state index contributed by atoms with van der Waals surface area (Å²) in [4.78, 5) is 31.6. The minimum absolute atomic E-state index is 0.0877. The van der Waals surface area contributed by atoms with E-state index in [0.29, 0.717) is 23.1 Å². The molecule has 6 nitrogen and oxygen atoms in total. The van der Waals surface area contributed by atoms with E-state index in [9.17, 15) is 9.59 Å². The van der Waals surface area contributed by atoms with Gasteiger partial charge in [-0.15, -0.1) is 0 Å². The van der Waals surface area contributed by atoms with E-state index in [1.165, 1.54) is 11.8 Å². The van der Waals surface area contributed by atoms with Gasteiger partial charge in [0.15, 0.2) is 5.17 Å². The Bertz CT molecular complexity index is 958. The molecule has 1 N–H and O–H groups in total. The van der Waals surface area contributed by atoms with Crippen LogP contribution in [0.1, 0.15) is 24.5 Å². The molecule has 1 aliphatic heterocycles. The van der Waals surface area contributed by atoms with Gasteiger partial charge < -0.3 is 10.1 Å². The van der Waals surface area contributed by atoms with E-state index in [2.05, 4.69) is 10.3 Å². The Morgan fingerprint density at radius 3 is 2.76 bits per heavy atom. The molecular formula is C22H25N3O3S. The first kappa shape index (κ1) is 20.9. The Hall–Kier alpha value is -2.80. The third-order valence-electron chi connectivity index (χ3n) is 4.65. The fourth-order valence-electron chi connectivity index (χ4n) is 3.05. The molecular weight excluding hydrogens is 386 g/mol. The van der Waals surface area contributed by atoms with E-state index in [4.69, 9.17) is 4.74 Å². The average molecular weight is 412 g/mol. The van der Waals surface area contributed by atoms with E-state index in [1.54, 1.807) is 12.0 Å². The van der Waals surface area contributed by atoms with Crippen molar-refractivity contribution < 1.29 is 14.3 Å². The predicted molar refractivity (Wildman–Crippen MR) is 118 cm³/mol. The third-order valence-corrected chi connectivity index (χ3v) is 5.83. The van der Waals surface area contributed by atoms with Gasteiger partial charge in [0.05, 0.1) is 12.8 Å². The number of benzene rings is 2. The number of anilines is 1. The normalized spacial score (nSPS) is 17.7. The van der Waals surface area contributed by atoms with Crippen LogP contribution in [0, 0.1) is 13.8 Å². The summed E-state index contributed by atoms with van der Waals surface area (Å²) in [6.07, 6.45) is 0.102. The van der Waals surface area contributed by atoms with Crippen molar-refractivity contribution in [1.82, 2.24) is 4.90 Å². The number of carbonyl (C=O) groups excluding carboxylic acids is 2. The summed E-state index contributed by atoms with van der Waals surface area (Å²) in [6, 6.07) is 13.3. The SMILES string of the molecule is CCN1C(=O)[C@@H](CC(=O)Nc2cc(C)ccc2C)SC1=Nc1cccc(OC)c1. The second kappa shape index (κ2) is 9.13. The molecule has 29 heavy (non-hydrogen) atoms. The zero-order valence-corrected chi connectivity index (χ0v) is 17.9. The van der Waals surface area contributed by atoms with Gasteiger partial charge in [0.25, 0.3) is 0 Å². The summed E-state index contributed by atoms with van der Waals surface area (Å²) >= 11 is 1.33. The second-order valence-electron chi connectivity index (χ2n) is 6.86. The van der Waals surface area contributed by atoms with E-state index < -0.39 is 5.25 Å². The van der Waals surface area contributed by atoms with Crippen molar-refractivity contribution in [2.75, 3.05) is 19.0 Å². The highest BCUT2D eigenvalue weighted by Crippen LogP contribution is 2.32. The smallest absolute Gasteiger partial charge is 0.242 e. The Morgan fingerprint density at radius 1 is 1.24 bits per heavy atom. The lowest BCUT2D eigenvalue weighted by Crippen LogP contribution is -2.33. The maximum Gasteiger partial charge on any atom is 0.242 e. The first-order chi connectivity index (χ1) is 13.9. The molecule has 0 radical (unpaired) electrons. The highest BCUT2D eigenvalue weighted by Gasteiger charge is 2.38. The average Bonchev–Trinajstić information content (AvgIpc) is 2.98. The number of hydrogen-bond acceptors (Lipinski definition) is 5. The molecule has 0 aliphatic carbocycles. The van der Waals surface area contributed by atoms with Crippen molar-refractivity contribution in [3.63, 3.8) is 0 Å². The van der Waals surface area contributed by atoms with Gasteiger partial charge >= 0.3 is 0 Å².